The highest BCUT2D eigenvalue weighted by Crippen LogP contribution is 2.32. The number of nitrogens with zero attached hydrogens (tertiary/aromatic N) is 3. The van der Waals surface area contributed by atoms with E-state index in [1.165, 1.54) is 5.56 Å². The Hall–Kier alpha value is -3.35. The van der Waals surface area contributed by atoms with Crippen molar-refractivity contribution in [2.24, 2.45) is 0 Å². The molecule has 172 valence electrons. The van der Waals surface area contributed by atoms with Gasteiger partial charge in [0.2, 0.25) is 0 Å². The number of amides is 1. The number of carbonyl (C=O) groups is 1. The van der Waals surface area contributed by atoms with E-state index in [4.69, 9.17) is 4.98 Å². The average Bonchev–Trinajstić information content (AvgIpc) is 3.37. The van der Waals surface area contributed by atoms with Crippen LogP contribution in [0.25, 0.3) is 11.1 Å². The van der Waals surface area contributed by atoms with Crippen molar-refractivity contribution >= 4 is 22.9 Å². The molecule has 0 radical (unpaired) electrons. The number of aromatic nitrogens is 2. The van der Waals surface area contributed by atoms with Crippen LogP contribution in [0.4, 0.5) is 5.69 Å². The fourth-order valence-corrected chi connectivity index (χ4v) is 5.45. The molecule has 34 heavy (non-hydrogen) atoms. The summed E-state index contributed by atoms with van der Waals surface area (Å²) in [5, 5.41) is 6.05. The summed E-state index contributed by atoms with van der Waals surface area (Å²) < 4.78 is 0. The number of hydrogen-bond donors (Lipinski definition) is 1. The minimum atomic E-state index is -0.155. The number of likely N-dealkylation sites (tertiary alicyclic amines) is 1. The first-order valence-corrected chi connectivity index (χ1v) is 12.6. The van der Waals surface area contributed by atoms with E-state index in [0.29, 0.717) is 11.6 Å². The number of aryl methyl sites for hydroxylation is 1. The molecule has 1 fully saturated rings. The molecule has 3 heterocycles. The zero-order valence-electron chi connectivity index (χ0n) is 19.3. The number of pyridine rings is 1. The lowest BCUT2D eigenvalue weighted by Crippen LogP contribution is -2.32. The topological polar surface area (TPSA) is 58.1 Å². The van der Waals surface area contributed by atoms with Crippen LogP contribution < -0.4 is 5.32 Å². The van der Waals surface area contributed by atoms with Crippen molar-refractivity contribution in [3.05, 3.63) is 100 Å². The standard InChI is InChI=1S/C28H28N4OS/c1-20-9-10-25(24(16-20)22-7-3-2-4-8-22)30-27(33)26-19-34-28(31-26)23-11-14-32(15-12-23)18-21-6-5-13-29-17-21/h2-10,13,16-17,19,23H,11-12,14-15,18H2,1H3,(H,30,33). The van der Waals surface area contributed by atoms with Crippen molar-refractivity contribution in [1.82, 2.24) is 14.9 Å². The predicted molar refractivity (Wildman–Crippen MR) is 138 cm³/mol. The van der Waals surface area contributed by atoms with E-state index in [-0.39, 0.29) is 5.91 Å². The summed E-state index contributed by atoms with van der Waals surface area (Å²) in [6, 6.07) is 20.4. The highest BCUT2D eigenvalue weighted by molar-refractivity contribution is 7.10. The van der Waals surface area contributed by atoms with Crippen molar-refractivity contribution in [2.45, 2.75) is 32.2 Å². The Bertz CT molecular complexity index is 1250. The van der Waals surface area contributed by atoms with Gasteiger partial charge in [-0.05, 0) is 62.2 Å². The molecule has 1 saturated heterocycles. The third kappa shape index (κ3) is 5.24. The minimum Gasteiger partial charge on any atom is -0.320 e. The van der Waals surface area contributed by atoms with Gasteiger partial charge in [0, 0.05) is 41.5 Å². The first kappa shape index (κ1) is 22.4. The Morgan fingerprint density at radius 2 is 1.91 bits per heavy atom. The number of piperidine rings is 1. The van der Waals surface area contributed by atoms with E-state index in [1.807, 2.05) is 54.2 Å². The van der Waals surface area contributed by atoms with Gasteiger partial charge in [-0.25, -0.2) is 4.98 Å². The molecule has 5 nitrogen and oxygen atoms in total. The molecule has 0 bridgehead atoms. The van der Waals surface area contributed by atoms with Crippen LogP contribution in [0.1, 0.15) is 45.4 Å². The van der Waals surface area contributed by atoms with Gasteiger partial charge in [-0.3, -0.25) is 14.7 Å². The second-order valence-electron chi connectivity index (χ2n) is 8.85. The monoisotopic (exact) mass is 468 g/mol. The summed E-state index contributed by atoms with van der Waals surface area (Å²) in [4.78, 5) is 24.5. The predicted octanol–water partition coefficient (Wildman–Crippen LogP) is 6.15. The van der Waals surface area contributed by atoms with Crippen molar-refractivity contribution in [3.8, 4) is 11.1 Å². The molecule has 6 heteroatoms. The van der Waals surface area contributed by atoms with Gasteiger partial charge in [0.15, 0.2) is 0 Å². The molecule has 4 aromatic rings. The average molecular weight is 469 g/mol. The fourth-order valence-electron chi connectivity index (χ4n) is 4.48. The van der Waals surface area contributed by atoms with Crippen LogP contribution in [0.2, 0.25) is 0 Å². The van der Waals surface area contributed by atoms with Gasteiger partial charge in [-0.15, -0.1) is 11.3 Å². The van der Waals surface area contributed by atoms with Gasteiger partial charge in [-0.2, -0.15) is 0 Å². The molecule has 1 aliphatic heterocycles. The highest BCUT2D eigenvalue weighted by atomic mass is 32.1. The van der Waals surface area contributed by atoms with Gasteiger partial charge in [0.05, 0.1) is 5.01 Å². The van der Waals surface area contributed by atoms with Crippen molar-refractivity contribution < 1.29 is 4.79 Å². The molecule has 1 amide bonds. The number of hydrogen-bond acceptors (Lipinski definition) is 5. The molecular formula is C28H28N4OS. The lowest BCUT2D eigenvalue weighted by atomic mass is 9.97. The number of carbonyl (C=O) groups excluding carboxylic acids is 1. The van der Waals surface area contributed by atoms with Crippen LogP contribution in [0.3, 0.4) is 0 Å². The van der Waals surface area contributed by atoms with Crippen molar-refractivity contribution in [1.29, 1.82) is 0 Å². The van der Waals surface area contributed by atoms with Gasteiger partial charge in [0.25, 0.3) is 5.91 Å². The lowest BCUT2D eigenvalue weighted by Gasteiger charge is -2.30. The van der Waals surface area contributed by atoms with Crippen LogP contribution >= 0.6 is 11.3 Å². The van der Waals surface area contributed by atoms with E-state index < -0.39 is 0 Å². The van der Waals surface area contributed by atoms with E-state index in [9.17, 15) is 4.79 Å². The van der Waals surface area contributed by atoms with E-state index in [2.05, 4.69) is 46.4 Å². The van der Waals surface area contributed by atoms with Crippen molar-refractivity contribution in [2.75, 3.05) is 18.4 Å². The van der Waals surface area contributed by atoms with Crippen LogP contribution in [0, 0.1) is 6.92 Å². The highest BCUT2D eigenvalue weighted by Gasteiger charge is 2.24. The molecule has 0 atom stereocenters. The summed E-state index contributed by atoms with van der Waals surface area (Å²) in [6.07, 6.45) is 5.87. The van der Waals surface area contributed by atoms with E-state index >= 15 is 0 Å². The maximum atomic E-state index is 13.1. The largest absolute Gasteiger partial charge is 0.320 e. The zero-order valence-corrected chi connectivity index (χ0v) is 20.1. The second-order valence-corrected chi connectivity index (χ2v) is 9.74. The number of anilines is 1. The maximum Gasteiger partial charge on any atom is 0.275 e. The molecule has 0 aliphatic carbocycles. The molecule has 2 aromatic carbocycles. The smallest absolute Gasteiger partial charge is 0.275 e. The van der Waals surface area contributed by atoms with Crippen LogP contribution in [0.15, 0.2) is 78.4 Å². The Balaban J connectivity index is 1.23. The molecule has 0 saturated carbocycles. The third-order valence-corrected chi connectivity index (χ3v) is 7.34. The lowest BCUT2D eigenvalue weighted by molar-refractivity contribution is 0.102. The zero-order chi connectivity index (χ0) is 23.3. The van der Waals surface area contributed by atoms with Crippen LogP contribution in [0.5, 0.6) is 0 Å². The number of rotatable bonds is 6. The Labute approximate surface area is 204 Å². The van der Waals surface area contributed by atoms with Gasteiger partial charge in [-0.1, -0.05) is 48.0 Å². The number of benzene rings is 2. The molecule has 1 N–H and O–H groups in total. The fraction of sp³-hybridized carbons (Fsp3) is 0.250. The first-order valence-electron chi connectivity index (χ1n) is 11.7. The summed E-state index contributed by atoms with van der Waals surface area (Å²) >= 11 is 1.60. The van der Waals surface area contributed by atoms with Crippen molar-refractivity contribution in [3.63, 3.8) is 0 Å². The summed E-state index contributed by atoms with van der Waals surface area (Å²) in [6.45, 7) is 5.06. The number of thiazole rings is 1. The summed E-state index contributed by atoms with van der Waals surface area (Å²) in [5.74, 6) is 0.258. The Morgan fingerprint density at radius 3 is 2.68 bits per heavy atom. The van der Waals surface area contributed by atoms with Gasteiger partial charge < -0.3 is 5.32 Å². The first-order chi connectivity index (χ1) is 16.7. The molecule has 1 aliphatic rings. The minimum absolute atomic E-state index is 0.155. The van der Waals surface area contributed by atoms with Crippen LogP contribution in [-0.2, 0) is 6.54 Å². The quantitative estimate of drug-likeness (QED) is 0.369. The Kier molecular flexibility index (Phi) is 6.79. The SMILES string of the molecule is Cc1ccc(NC(=O)c2csc(C3CCN(Cc4cccnc4)CC3)n2)c(-c2ccccc2)c1. The molecular weight excluding hydrogens is 440 g/mol. The van der Waals surface area contributed by atoms with E-state index in [0.717, 1.165) is 59.9 Å². The molecule has 5 rings (SSSR count). The molecule has 0 spiro atoms. The van der Waals surface area contributed by atoms with Crippen LogP contribution in [-0.4, -0.2) is 33.9 Å². The third-order valence-electron chi connectivity index (χ3n) is 6.33. The molecule has 0 unspecified atom stereocenters. The van der Waals surface area contributed by atoms with Gasteiger partial charge in [0.1, 0.15) is 5.69 Å². The summed E-state index contributed by atoms with van der Waals surface area (Å²) in [5.41, 5.74) is 5.81. The normalized spacial score (nSPS) is 14.7. The molecule has 2 aromatic heterocycles. The second kappa shape index (κ2) is 10.3. The van der Waals surface area contributed by atoms with E-state index in [1.54, 1.807) is 11.3 Å². The Morgan fingerprint density at radius 1 is 1.09 bits per heavy atom. The maximum absolute atomic E-state index is 13.1. The van der Waals surface area contributed by atoms with Gasteiger partial charge >= 0.3 is 0 Å². The number of nitrogens with one attached hydrogen (secondary N) is 1. The summed E-state index contributed by atoms with van der Waals surface area (Å²) in [7, 11) is 0.